The van der Waals surface area contributed by atoms with Crippen molar-refractivity contribution < 1.29 is 33.8 Å². The Bertz CT molecular complexity index is 1070. The minimum atomic E-state index is -1.23. The maximum atomic E-state index is 13.2. The second kappa shape index (κ2) is 9.55. The number of carboxylic acids is 1. The molecule has 2 unspecified atom stereocenters. The van der Waals surface area contributed by atoms with Crippen LogP contribution >= 0.6 is 0 Å². The van der Waals surface area contributed by atoms with E-state index < -0.39 is 34.7 Å². The number of hydrogen-bond donors (Lipinski definition) is 2. The lowest BCUT2D eigenvalue weighted by atomic mass is 9.80. The van der Waals surface area contributed by atoms with Gasteiger partial charge < -0.3 is 24.6 Å². The standard InChI is InChI=1S/C24H28N2O8/c1-14-19(22(27)28)21(16-7-6-8-17(11-16)26(30)31)20(15(2)25-14)23(29)32-12-18-13-33-24(34-18)9-4-3-5-10-24/h6-8,11,18,21,25H,3-5,9-10,12-13H2,1-2H3,(H,27,28). The maximum Gasteiger partial charge on any atom is 0.336 e. The van der Waals surface area contributed by atoms with E-state index in [1.807, 2.05) is 0 Å². The Morgan fingerprint density at radius 1 is 1.21 bits per heavy atom. The SMILES string of the molecule is CC1=C(C(=O)O)C(c2cccc([N+](=O)[O-])c2)C(C(=O)OCC2COC3(CCCCC3)O2)=C(C)N1. The van der Waals surface area contributed by atoms with Crippen molar-refractivity contribution in [3.8, 4) is 0 Å². The average Bonchev–Trinajstić information content (AvgIpc) is 3.19. The zero-order valence-corrected chi connectivity index (χ0v) is 19.2. The Balaban J connectivity index is 1.57. The lowest BCUT2D eigenvalue weighted by Crippen LogP contribution is -2.35. The van der Waals surface area contributed by atoms with Crippen LogP contribution in [0.15, 0.2) is 46.8 Å². The monoisotopic (exact) mass is 472 g/mol. The van der Waals surface area contributed by atoms with Gasteiger partial charge in [-0.1, -0.05) is 18.6 Å². The van der Waals surface area contributed by atoms with Crippen molar-refractivity contribution in [1.82, 2.24) is 5.32 Å². The number of nitrogens with zero attached hydrogens (tertiary/aromatic N) is 1. The Morgan fingerprint density at radius 3 is 2.59 bits per heavy atom. The molecule has 34 heavy (non-hydrogen) atoms. The molecule has 2 heterocycles. The number of allylic oxidation sites excluding steroid dienone is 2. The first-order valence-electron chi connectivity index (χ1n) is 11.4. The van der Waals surface area contributed by atoms with Gasteiger partial charge in [-0.3, -0.25) is 10.1 Å². The number of carbonyl (C=O) groups excluding carboxylic acids is 1. The molecule has 2 N–H and O–H groups in total. The fourth-order valence-electron chi connectivity index (χ4n) is 5.00. The third-order valence-corrected chi connectivity index (χ3v) is 6.55. The number of ether oxygens (including phenoxy) is 3. The lowest BCUT2D eigenvalue weighted by Gasteiger charge is -2.32. The predicted molar refractivity (Wildman–Crippen MR) is 120 cm³/mol. The van der Waals surface area contributed by atoms with Crippen LogP contribution in [-0.4, -0.2) is 47.1 Å². The van der Waals surface area contributed by atoms with Gasteiger partial charge in [-0.25, -0.2) is 9.59 Å². The quantitative estimate of drug-likeness (QED) is 0.362. The summed E-state index contributed by atoms with van der Waals surface area (Å²) in [5, 5.41) is 24.2. The van der Waals surface area contributed by atoms with E-state index in [-0.39, 0.29) is 23.4 Å². The van der Waals surface area contributed by atoms with E-state index in [1.165, 1.54) is 18.2 Å². The smallest absolute Gasteiger partial charge is 0.336 e. The highest BCUT2D eigenvalue weighted by Crippen LogP contribution is 2.40. The number of nitrogens with one attached hydrogen (secondary N) is 1. The number of dihydropyridines is 1. The summed E-state index contributed by atoms with van der Waals surface area (Å²) in [6.45, 7) is 3.52. The normalized spacial score (nSPS) is 24.2. The van der Waals surface area contributed by atoms with Crippen molar-refractivity contribution >= 4 is 17.6 Å². The molecule has 0 aromatic heterocycles. The summed E-state index contributed by atoms with van der Waals surface area (Å²) in [4.78, 5) is 36.1. The molecule has 1 aromatic carbocycles. The number of carbonyl (C=O) groups is 2. The van der Waals surface area contributed by atoms with Gasteiger partial charge in [-0.05, 0) is 32.3 Å². The maximum absolute atomic E-state index is 13.2. The highest BCUT2D eigenvalue weighted by molar-refractivity contribution is 5.99. The topological polar surface area (TPSA) is 137 Å². The third kappa shape index (κ3) is 4.69. The number of nitro groups is 1. The molecule has 182 valence electrons. The van der Waals surface area contributed by atoms with Crippen molar-refractivity contribution in [2.45, 2.75) is 63.8 Å². The van der Waals surface area contributed by atoms with Crippen LogP contribution in [0.5, 0.6) is 0 Å². The molecule has 1 aliphatic carbocycles. The molecule has 10 nitrogen and oxygen atoms in total. The minimum absolute atomic E-state index is 0.0376. The number of carboxylic acid groups (broad SMARTS) is 1. The summed E-state index contributed by atoms with van der Waals surface area (Å²) < 4.78 is 17.5. The number of rotatable bonds is 6. The number of benzene rings is 1. The van der Waals surface area contributed by atoms with Crippen LogP contribution in [0.25, 0.3) is 0 Å². The van der Waals surface area contributed by atoms with E-state index >= 15 is 0 Å². The van der Waals surface area contributed by atoms with Crippen LogP contribution in [0.2, 0.25) is 0 Å². The second-order valence-electron chi connectivity index (χ2n) is 8.91. The molecule has 2 atom stereocenters. The van der Waals surface area contributed by atoms with Crippen LogP contribution in [0.4, 0.5) is 5.69 Å². The molecular weight excluding hydrogens is 444 g/mol. The summed E-state index contributed by atoms with van der Waals surface area (Å²) in [5.41, 5.74) is 0.925. The highest BCUT2D eigenvalue weighted by Gasteiger charge is 2.43. The molecule has 1 saturated heterocycles. The van der Waals surface area contributed by atoms with Crippen molar-refractivity contribution in [2.75, 3.05) is 13.2 Å². The summed E-state index contributed by atoms with van der Waals surface area (Å²) in [6, 6.07) is 5.64. The Kier molecular flexibility index (Phi) is 6.72. The van der Waals surface area contributed by atoms with Gasteiger partial charge in [0.2, 0.25) is 0 Å². The van der Waals surface area contributed by atoms with Gasteiger partial charge in [-0.2, -0.15) is 0 Å². The van der Waals surface area contributed by atoms with Crippen molar-refractivity contribution in [3.63, 3.8) is 0 Å². The van der Waals surface area contributed by atoms with Gasteiger partial charge in [0.1, 0.15) is 12.7 Å². The summed E-state index contributed by atoms with van der Waals surface area (Å²) in [7, 11) is 0. The van der Waals surface area contributed by atoms with Crippen molar-refractivity contribution in [3.05, 3.63) is 62.5 Å². The largest absolute Gasteiger partial charge is 0.478 e. The molecule has 0 amide bonds. The van der Waals surface area contributed by atoms with E-state index in [0.29, 0.717) is 23.6 Å². The first kappa shape index (κ1) is 23.9. The minimum Gasteiger partial charge on any atom is -0.478 e. The lowest BCUT2D eigenvalue weighted by molar-refractivity contribution is -0.384. The molecule has 0 bridgehead atoms. The van der Waals surface area contributed by atoms with E-state index in [2.05, 4.69) is 5.32 Å². The van der Waals surface area contributed by atoms with E-state index in [4.69, 9.17) is 14.2 Å². The molecule has 1 aromatic rings. The molecule has 0 radical (unpaired) electrons. The van der Waals surface area contributed by atoms with Crippen LogP contribution in [-0.2, 0) is 23.8 Å². The van der Waals surface area contributed by atoms with Gasteiger partial charge in [0.25, 0.3) is 5.69 Å². The molecule has 3 aliphatic rings. The van der Waals surface area contributed by atoms with Crippen LogP contribution in [0, 0.1) is 10.1 Å². The zero-order valence-electron chi connectivity index (χ0n) is 19.2. The Labute approximate surface area is 196 Å². The first-order valence-corrected chi connectivity index (χ1v) is 11.4. The van der Waals surface area contributed by atoms with Gasteiger partial charge in [0, 0.05) is 36.4 Å². The van der Waals surface area contributed by atoms with Gasteiger partial charge >= 0.3 is 11.9 Å². The van der Waals surface area contributed by atoms with Crippen LogP contribution in [0.3, 0.4) is 0 Å². The number of nitro benzene ring substituents is 1. The molecule has 2 fully saturated rings. The zero-order chi connectivity index (χ0) is 24.5. The molecule has 2 aliphatic heterocycles. The fraction of sp³-hybridized carbons (Fsp3) is 0.500. The van der Waals surface area contributed by atoms with Crippen molar-refractivity contribution in [2.24, 2.45) is 0 Å². The van der Waals surface area contributed by atoms with E-state index in [0.717, 1.165) is 32.1 Å². The number of esters is 1. The first-order chi connectivity index (χ1) is 16.2. The van der Waals surface area contributed by atoms with Gasteiger partial charge in [0.05, 0.1) is 28.6 Å². The second-order valence-corrected chi connectivity index (χ2v) is 8.91. The van der Waals surface area contributed by atoms with E-state index in [9.17, 15) is 24.8 Å². The predicted octanol–water partition coefficient (Wildman–Crippen LogP) is 3.53. The van der Waals surface area contributed by atoms with Crippen LogP contribution < -0.4 is 5.32 Å². The summed E-state index contributed by atoms with van der Waals surface area (Å²) in [6.07, 6.45) is 4.41. The third-order valence-electron chi connectivity index (χ3n) is 6.55. The number of non-ortho nitro benzene ring substituents is 1. The molecular formula is C24H28N2O8. The van der Waals surface area contributed by atoms with Gasteiger partial charge in [0.15, 0.2) is 5.79 Å². The van der Waals surface area contributed by atoms with Crippen LogP contribution in [0.1, 0.15) is 57.4 Å². The highest BCUT2D eigenvalue weighted by atomic mass is 16.8. The summed E-state index contributed by atoms with van der Waals surface area (Å²) in [5.74, 6) is -3.57. The van der Waals surface area contributed by atoms with Gasteiger partial charge in [-0.15, -0.1) is 0 Å². The molecule has 4 rings (SSSR count). The number of hydrogen-bond acceptors (Lipinski definition) is 8. The Hall–Kier alpha value is -3.24. The molecule has 1 spiro atoms. The molecule has 1 saturated carbocycles. The van der Waals surface area contributed by atoms with Crippen molar-refractivity contribution in [1.29, 1.82) is 0 Å². The van der Waals surface area contributed by atoms with E-state index in [1.54, 1.807) is 19.9 Å². The Morgan fingerprint density at radius 2 is 1.91 bits per heavy atom. The summed E-state index contributed by atoms with van der Waals surface area (Å²) >= 11 is 0. The fourth-order valence-corrected chi connectivity index (χ4v) is 5.00. The number of aliphatic carboxylic acids is 1. The average molecular weight is 472 g/mol. The molecule has 10 heteroatoms.